The van der Waals surface area contributed by atoms with Gasteiger partial charge in [-0.3, -0.25) is 0 Å². The number of aliphatic hydroxyl groups is 1. The first-order valence-electron chi connectivity index (χ1n) is 7.19. The highest BCUT2D eigenvalue weighted by Crippen LogP contribution is 2.27. The van der Waals surface area contributed by atoms with Crippen molar-refractivity contribution in [3.05, 3.63) is 23.9 Å². The normalized spacial score (nSPS) is 19.6. The molecule has 1 unspecified atom stereocenters. The summed E-state index contributed by atoms with van der Waals surface area (Å²) >= 11 is 0. The van der Waals surface area contributed by atoms with Crippen molar-refractivity contribution < 1.29 is 9.84 Å². The lowest BCUT2D eigenvalue weighted by Crippen LogP contribution is -2.46. The van der Waals surface area contributed by atoms with E-state index in [0.717, 1.165) is 11.4 Å². The molecule has 0 radical (unpaired) electrons. The summed E-state index contributed by atoms with van der Waals surface area (Å²) < 4.78 is 5.33. The molecule has 1 atom stereocenters. The first-order chi connectivity index (χ1) is 9.56. The maximum Gasteiger partial charge on any atom is 0.133 e. The van der Waals surface area contributed by atoms with Gasteiger partial charge in [-0.1, -0.05) is 6.07 Å². The summed E-state index contributed by atoms with van der Waals surface area (Å²) in [6.07, 6.45) is 3.16. The maximum absolute atomic E-state index is 10.6. The Balaban J connectivity index is 2.14. The van der Waals surface area contributed by atoms with Crippen LogP contribution in [0.25, 0.3) is 0 Å². The summed E-state index contributed by atoms with van der Waals surface area (Å²) in [5.74, 6) is 0.925. The van der Waals surface area contributed by atoms with E-state index in [1.54, 1.807) is 6.20 Å². The van der Waals surface area contributed by atoms with Crippen molar-refractivity contribution in [2.24, 2.45) is 0 Å². The van der Waals surface area contributed by atoms with Gasteiger partial charge >= 0.3 is 0 Å². The van der Waals surface area contributed by atoms with Gasteiger partial charge in [-0.25, -0.2) is 4.98 Å². The third-order valence-electron chi connectivity index (χ3n) is 4.03. The van der Waals surface area contributed by atoms with Gasteiger partial charge in [0.05, 0.1) is 5.60 Å². The second-order valence-corrected chi connectivity index (χ2v) is 5.62. The molecule has 112 valence electrons. The minimum Gasteiger partial charge on any atom is -0.388 e. The molecule has 1 aliphatic rings. The first-order valence-corrected chi connectivity index (χ1v) is 7.19. The van der Waals surface area contributed by atoms with Crippen LogP contribution in [0.15, 0.2) is 18.3 Å². The fraction of sp³-hybridized carbons (Fsp3) is 0.667. The Kier molecular flexibility index (Phi) is 4.96. The lowest BCUT2D eigenvalue weighted by atomic mass is 9.93. The molecule has 5 heteroatoms. The minimum atomic E-state index is -0.676. The van der Waals surface area contributed by atoms with Crippen LogP contribution in [0.2, 0.25) is 0 Å². The molecule has 0 spiro atoms. The SMILES string of the molecule is CNC(C)c1cccnc1N(C)CC1(O)CCOCC1. The second-order valence-electron chi connectivity index (χ2n) is 5.62. The van der Waals surface area contributed by atoms with Gasteiger partial charge in [0, 0.05) is 57.4 Å². The van der Waals surface area contributed by atoms with Crippen LogP contribution in [-0.2, 0) is 4.74 Å². The number of hydrogen-bond donors (Lipinski definition) is 2. The maximum atomic E-state index is 10.6. The highest BCUT2D eigenvalue weighted by Gasteiger charge is 2.32. The number of aromatic nitrogens is 1. The molecule has 0 aromatic carbocycles. The van der Waals surface area contributed by atoms with E-state index >= 15 is 0 Å². The Morgan fingerprint density at radius 2 is 2.20 bits per heavy atom. The van der Waals surface area contributed by atoms with Crippen molar-refractivity contribution in [2.45, 2.75) is 31.4 Å². The number of anilines is 1. The van der Waals surface area contributed by atoms with Crippen LogP contribution in [0.1, 0.15) is 31.4 Å². The van der Waals surface area contributed by atoms with E-state index < -0.39 is 5.60 Å². The number of nitrogens with one attached hydrogen (secondary N) is 1. The second kappa shape index (κ2) is 6.52. The fourth-order valence-electron chi connectivity index (χ4n) is 2.65. The predicted octanol–water partition coefficient (Wildman–Crippen LogP) is 1.34. The molecule has 0 amide bonds. The van der Waals surface area contributed by atoms with E-state index in [0.29, 0.717) is 32.6 Å². The molecule has 2 N–H and O–H groups in total. The summed E-state index contributed by atoms with van der Waals surface area (Å²) in [6.45, 7) is 3.95. The molecule has 1 fully saturated rings. The third kappa shape index (κ3) is 3.48. The van der Waals surface area contributed by atoms with Crippen molar-refractivity contribution in [3.63, 3.8) is 0 Å². The fourth-order valence-corrected chi connectivity index (χ4v) is 2.65. The van der Waals surface area contributed by atoms with Gasteiger partial charge in [-0.2, -0.15) is 0 Å². The van der Waals surface area contributed by atoms with Crippen molar-refractivity contribution in [3.8, 4) is 0 Å². The monoisotopic (exact) mass is 279 g/mol. The van der Waals surface area contributed by atoms with Crippen LogP contribution >= 0.6 is 0 Å². The van der Waals surface area contributed by atoms with Crippen LogP contribution in [-0.4, -0.2) is 49.5 Å². The summed E-state index contributed by atoms with van der Waals surface area (Å²) in [7, 11) is 3.93. The third-order valence-corrected chi connectivity index (χ3v) is 4.03. The van der Waals surface area contributed by atoms with Crippen molar-refractivity contribution >= 4 is 5.82 Å². The molecule has 1 aromatic heterocycles. The Labute approximate surface area is 121 Å². The quantitative estimate of drug-likeness (QED) is 0.852. The van der Waals surface area contributed by atoms with Gasteiger partial charge in [-0.15, -0.1) is 0 Å². The van der Waals surface area contributed by atoms with Gasteiger partial charge < -0.3 is 20.1 Å². The Hall–Kier alpha value is -1.17. The molecule has 2 rings (SSSR count). The van der Waals surface area contributed by atoms with Crippen LogP contribution < -0.4 is 10.2 Å². The van der Waals surface area contributed by atoms with E-state index in [1.807, 2.05) is 20.2 Å². The molecule has 5 nitrogen and oxygen atoms in total. The summed E-state index contributed by atoms with van der Waals surface area (Å²) in [5, 5.41) is 13.9. The lowest BCUT2D eigenvalue weighted by Gasteiger charge is -2.36. The average molecular weight is 279 g/mol. The number of nitrogens with zero attached hydrogens (tertiary/aromatic N) is 2. The number of hydrogen-bond acceptors (Lipinski definition) is 5. The van der Waals surface area contributed by atoms with Gasteiger partial charge in [-0.05, 0) is 20.0 Å². The van der Waals surface area contributed by atoms with Crippen molar-refractivity contribution in [1.29, 1.82) is 0 Å². The summed E-state index contributed by atoms with van der Waals surface area (Å²) in [6, 6.07) is 4.25. The first kappa shape index (κ1) is 15.2. The molecule has 20 heavy (non-hydrogen) atoms. The number of likely N-dealkylation sites (N-methyl/N-ethyl adjacent to an activating group) is 1. The topological polar surface area (TPSA) is 57.6 Å². The molecule has 1 aromatic rings. The number of ether oxygens (including phenoxy) is 1. The van der Waals surface area contributed by atoms with Gasteiger partial charge in [0.2, 0.25) is 0 Å². The van der Waals surface area contributed by atoms with E-state index in [9.17, 15) is 5.11 Å². The zero-order valence-electron chi connectivity index (χ0n) is 12.6. The molecular formula is C15H25N3O2. The van der Waals surface area contributed by atoms with Crippen LogP contribution in [0.4, 0.5) is 5.82 Å². The lowest BCUT2D eigenvalue weighted by molar-refractivity contribution is -0.0573. The Morgan fingerprint density at radius 1 is 1.50 bits per heavy atom. The number of rotatable bonds is 5. The summed E-state index contributed by atoms with van der Waals surface area (Å²) in [4.78, 5) is 6.54. The van der Waals surface area contributed by atoms with Crippen LogP contribution in [0.3, 0.4) is 0 Å². The van der Waals surface area contributed by atoms with E-state index in [2.05, 4.69) is 28.2 Å². The number of pyridine rings is 1. The zero-order valence-corrected chi connectivity index (χ0v) is 12.6. The van der Waals surface area contributed by atoms with Gasteiger partial charge in [0.1, 0.15) is 5.82 Å². The molecule has 0 saturated carbocycles. The average Bonchev–Trinajstić information content (AvgIpc) is 2.46. The molecule has 0 bridgehead atoms. The van der Waals surface area contributed by atoms with E-state index in [1.165, 1.54) is 0 Å². The van der Waals surface area contributed by atoms with E-state index in [-0.39, 0.29) is 6.04 Å². The van der Waals surface area contributed by atoms with Crippen molar-refractivity contribution in [1.82, 2.24) is 10.3 Å². The van der Waals surface area contributed by atoms with Crippen LogP contribution in [0.5, 0.6) is 0 Å². The highest BCUT2D eigenvalue weighted by molar-refractivity contribution is 5.48. The van der Waals surface area contributed by atoms with Gasteiger partial charge in [0.25, 0.3) is 0 Å². The molecule has 0 aliphatic carbocycles. The summed E-state index contributed by atoms with van der Waals surface area (Å²) in [5.41, 5.74) is 0.471. The predicted molar refractivity (Wildman–Crippen MR) is 80.0 cm³/mol. The largest absolute Gasteiger partial charge is 0.388 e. The van der Waals surface area contributed by atoms with Gasteiger partial charge in [0.15, 0.2) is 0 Å². The highest BCUT2D eigenvalue weighted by atomic mass is 16.5. The standard InChI is InChI=1S/C15H25N3O2/c1-12(16-2)13-5-4-8-17-14(13)18(3)11-15(19)6-9-20-10-7-15/h4-5,8,12,16,19H,6-7,9-11H2,1-3H3. The van der Waals surface area contributed by atoms with Crippen molar-refractivity contribution in [2.75, 3.05) is 38.8 Å². The van der Waals surface area contributed by atoms with Crippen LogP contribution in [0, 0.1) is 0 Å². The smallest absolute Gasteiger partial charge is 0.133 e. The molecule has 1 saturated heterocycles. The Morgan fingerprint density at radius 3 is 2.85 bits per heavy atom. The van der Waals surface area contributed by atoms with E-state index in [4.69, 9.17) is 4.74 Å². The molecular weight excluding hydrogens is 254 g/mol. The molecule has 2 heterocycles. The Bertz CT molecular complexity index is 433. The zero-order chi connectivity index (χ0) is 14.6. The molecule has 1 aliphatic heterocycles. The minimum absolute atomic E-state index is 0.227.